The molecule has 0 fully saturated rings. The first-order valence-electron chi connectivity index (χ1n) is 7.50. The van der Waals surface area contributed by atoms with Crippen molar-refractivity contribution in [2.75, 3.05) is 0 Å². The normalized spacial score (nSPS) is 10.7. The van der Waals surface area contributed by atoms with E-state index in [4.69, 9.17) is 10.2 Å². The average molecular weight is 374 g/mol. The molecular formula is C20H12BrN3. The van der Waals surface area contributed by atoms with Gasteiger partial charge in [-0.25, -0.2) is 4.98 Å². The fraction of sp³-hybridized carbons (Fsp3) is 0. The molecule has 4 rings (SSSR count). The summed E-state index contributed by atoms with van der Waals surface area (Å²) in [5.41, 5.74) is 4.66. The molecule has 0 saturated carbocycles. The number of fused-ring (bicyclic) bond motifs is 1. The molecule has 0 atom stereocenters. The molecule has 0 aliphatic rings. The van der Waals surface area contributed by atoms with Gasteiger partial charge in [0.1, 0.15) is 5.82 Å². The van der Waals surface area contributed by atoms with Gasteiger partial charge >= 0.3 is 0 Å². The lowest BCUT2D eigenvalue weighted by molar-refractivity contribution is 1.10. The number of nitriles is 1. The Morgan fingerprint density at radius 2 is 1.58 bits per heavy atom. The van der Waals surface area contributed by atoms with Crippen LogP contribution in [0.25, 0.3) is 28.1 Å². The van der Waals surface area contributed by atoms with Crippen molar-refractivity contribution in [1.29, 1.82) is 5.26 Å². The summed E-state index contributed by atoms with van der Waals surface area (Å²) in [7, 11) is 0. The van der Waals surface area contributed by atoms with Gasteiger partial charge in [0.05, 0.1) is 22.7 Å². The van der Waals surface area contributed by atoms with Gasteiger partial charge in [0.25, 0.3) is 0 Å². The first kappa shape index (κ1) is 14.7. The van der Waals surface area contributed by atoms with E-state index in [1.54, 1.807) is 0 Å². The number of hydrogen-bond donors (Lipinski definition) is 0. The highest BCUT2D eigenvalue weighted by Gasteiger charge is 2.13. The highest BCUT2D eigenvalue weighted by molar-refractivity contribution is 9.10. The third-order valence-corrected chi connectivity index (χ3v) is 4.45. The maximum atomic E-state index is 9.02. The molecule has 0 spiro atoms. The van der Waals surface area contributed by atoms with Crippen LogP contribution in [0.1, 0.15) is 5.56 Å². The number of aromatic nitrogens is 2. The number of rotatable bonds is 2. The Bertz CT molecular complexity index is 1050. The number of nitrogens with zero attached hydrogens (tertiary/aromatic N) is 3. The molecule has 4 aromatic rings. The van der Waals surface area contributed by atoms with Crippen LogP contribution in [0.4, 0.5) is 0 Å². The van der Waals surface area contributed by atoms with Crippen molar-refractivity contribution >= 4 is 27.0 Å². The minimum Gasteiger partial charge on any atom is -0.292 e. The van der Waals surface area contributed by atoms with Crippen LogP contribution in [-0.4, -0.2) is 9.55 Å². The van der Waals surface area contributed by atoms with Gasteiger partial charge in [-0.3, -0.25) is 4.57 Å². The highest BCUT2D eigenvalue weighted by Crippen LogP contribution is 2.29. The van der Waals surface area contributed by atoms with Gasteiger partial charge in [-0.1, -0.05) is 40.2 Å². The minimum atomic E-state index is 0.647. The van der Waals surface area contributed by atoms with Crippen LogP contribution in [-0.2, 0) is 0 Å². The number of para-hydroxylation sites is 2. The Labute approximate surface area is 147 Å². The van der Waals surface area contributed by atoms with Crippen LogP contribution in [0, 0.1) is 11.3 Å². The van der Waals surface area contributed by atoms with Crippen LogP contribution in [0.15, 0.2) is 77.3 Å². The Morgan fingerprint density at radius 1 is 0.875 bits per heavy atom. The van der Waals surface area contributed by atoms with Gasteiger partial charge < -0.3 is 0 Å². The summed E-state index contributed by atoms with van der Waals surface area (Å²) in [6.45, 7) is 0. The highest BCUT2D eigenvalue weighted by atomic mass is 79.9. The minimum absolute atomic E-state index is 0.647. The smallest absolute Gasteiger partial charge is 0.145 e. The van der Waals surface area contributed by atoms with Crippen molar-refractivity contribution in [1.82, 2.24) is 9.55 Å². The molecule has 0 radical (unpaired) electrons. The van der Waals surface area contributed by atoms with Gasteiger partial charge in [0.15, 0.2) is 0 Å². The number of imidazole rings is 1. The maximum Gasteiger partial charge on any atom is 0.145 e. The van der Waals surface area contributed by atoms with Gasteiger partial charge in [-0.2, -0.15) is 5.26 Å². The summed E-state index contributed by atoms with van der Waals surface area (Å²) in [6, 6.07) is 25.9. The first-order valence-corrected chi connectivity index (χ1v) is 8.29. The van der Waals surface area contributed by atoms with Crippen molar-refractivity contribution in [2.45, 2.75) is 0 Å². The predicted molar refractivity (Wildman–Crippen MR) is 98.9 cm³/mol. The topological polar surface area (TPSA) is 41.6 Å². The Balaban J connectivity index is 1.99. The van der Waals surface area contributed by atoms with Crippen LogP contribution < -0.4 is 0 Å². The summed E-state index contributed by atoms with van der Waals surface area (Å²) in [5, 5.41) is 9.02. The van der Waals surface area contributed by atoms with Crippen molar-refractivity contribution in [3.63, 3.8) is 0 Å². The van der Waals surface area contributed by atoms with Gasteiger partial charge in [-0.15, -0.1) is 0 Å². The van der Waals surface area contributed by atoms with E-state index in [2.05, 4.69) is 32.6 Å². The molecule has 0 unspecified atom stereocenters. The average Bonchev–Trinajstić information content (AvgIpc) is 3.02. The molecule has 0 aliphatic heterocycles. The predicted octanol–water partition coefficient (Wildman–Crippen LogP) is 5.33. The zero-order valence-electron chi connectivity index (χ0n) is 12.6. The lowest BCUT2D eigenvalue weighted by Crippen LogP contribution is -1.97. The molecule has 4 heteroatoms. The molecule has 0 saturated heterocycles. The van der Waals surface area contributed by atoms with Gasteiger partial charge in [0, 0.05) is 15.7 Å². The maximum absolute atomic E-state index is 9.02. The summed E-state index contributed by atoms with van der Waals surface area (Å²) in [4.78, 5) is 4.81. The Morgan fingerprint density at radius 3 is 2.29 bits per heavy atom. The number of halogens is 1. The van der Waals surface area contributed by atoms with Crippen LogP contribution in [0.2, 0.25) is 0 Å². The van der Waals surface area contributed by atoms with Gasteiger partial charge in [0.2, 0.25) is 0 Å². The Kier molecular flexibility index (Phi) is 3.64. The molecule has 3 aromatic carbocycles. The summed E-state index contributed by atoms with van der Waals surface area (Å²) in [5.74, 6) is 0.883. The molecule has 0 amide bonds. The lowest BCUT2D eigenvalue weighted by atomic mass is 10.2. The molecule has 0 bridgehead atoms. The second kappa shape index (κ2) is 5.95. The lowest BCUT2D eigenvalue weighted by Gasteiger charge is -2.10. The van der Waals surface area contributed by atoms with E-state index in [1.807, 2.05) is 66.7 Å². The third kappa shape index (κ3) is 2.49. The SMILES string of the molecule is N#Cc1ccc(-n2c(-c3ccc(Br)cc3)nc3ccccc32)cc1. The molecule has 1 aromatic heterocycles. The van der Waals surface area contributed by atoms with Crippen molar-refractivity contribution in [3.05, 3.63) is 82.8 Å². The molecule has 0 N–H and O–H groups in total. The van der Waals surface area contributed by atoms with E-state index >= 15 is 0 Å². The Hall–Kier alpha value is -2.90. The standard InChI is InChI=1S/C20H12BrN3/c21-16-9-7-15(8-10-16)20-23-18-3-1-2-4-19(18)24(20)17-11-5-14(13-22)6-12-17/h1-12H. The summed E-state index contributed by atoms with van der Waals surface area (Å²) in [6.07, 6.45) is 0. The first-order chi connectivity index (χ1) is 11.8. The van der Waals surface area contributed by atoms with Crippen LogP contribution >= 0.6 is 15.9 Å². The summed E-state index contributed by atoms with van der Waals surface area (Å²) < 4.78 is 3.16. The zero-order valence-corrected chi connectivity index (χ0v) is 14.2. The van der Waals surface area contributed by atoms with Crippen molar-refractivity contribution < 1.29 is 0 Å². The van der Waals surface area contributed by atoms with E-state index < -0.39 is 0 Å². The number of benzene rings is 3. The molecule has 0 aliphatic carbocycles. The van der Waals surface area contributed by atoms with Crippen LogP contribution in [0.3, 0.4) is 0 Å². The fourth-order valence-electron chi connectivity index (χ4n) is 2.76. The van der Waals surface area contributed by atoms with E-state index in [1.165, 1.54) is 0 Å². The molecule has 3 nitrogen and oxygen atoms in total. The fourth-order valence-corrected chi connectivity index (χ4v) is 3.03. The van der Waals surface area contributed by atoms with Crippen molar-refractivity contribution in [3.8, 4) is 23.1 Å². The van der Waals surface area contributed by atoms with Gasteiger partial charge in [-0.05, 0) is 48.5 Å². The molecule has 24 heavy (non-hydrogen) atoms. The van der Waals surface area contributed by atoms with Crippen molar-refractivity contribution in [2.24, 2.45) is 0 Å². The van der Waals surface area contributed by atoms with Crippen LogP contribution in [0.5, 0.6) is 0 Å². The van der Waals surface area contributed by atoms with E-state index in [9.17, 15) is 0 Å². The second-order valence-corrected chi connectivity index (χ2v) is 6.34. The quantitative estimate of drug-likeness (QED) is 0.476. The van der Waals surface area contributed by atoms with E-state index in [-0.39, 0.29) is 0 Å². The third-order valence-electron chi connectivity index (χ3n) is 3.92. The number of hydrogen-bond acceptors (Lipinski definition) is 2. The molecule has 114 valence electrons. The molecule has 1 heterocycles. The van der Waals surface area contributed by atoms with E-state index in [0.717, 1.165) is 32.6 Å². The monoisotopic (exact) mass is 373 g/mol. The van der Waals surface area contributed by atoms with E-state index in [0.29, 0.717) is 5.56 Å². The molecular weight excluding hydrogens is 362 g/mol. The second-order valence-electron chi connectivity index (χ2n) is 5.43. The summed E-state index contributed by atoms with van der Waals surface area (Å²) >= 11 is 3.47. The zero-order chi connectivity index (χ0) is 16.5. The largest absolute Gasteiger partial charge is 0.292 e.